The van der Waals surface area contributed by atoms with Crippen molar-refractivity contribution in [1.82, 2.24) is 0 Å². The first-order valence-electron chi connectivity index (χ1n) is 6.00. The van der Waals surface area contributed by atoms with E-state index in [2.05, 4.69) is 0 Å². The summed E-state index contributed by atoms with van der Waals surface area (Å²) in [5.74, 6) is 0. The average molecular weight is 289 g/mol. The third kappa shape index (κ3) is 2.80. The van der Waals surface area contributed by atoms with Gasteiger partial charge in [-0.3, -0.25) is 9.09 Å². The fourth-order valence-corrected chi connectivity index (χ4v) is 3.69. The van der Waals surface area contributed by atoms with Crippen molar-refractivity contribution in [2.24, 2.45) is 0 Å². The quantitative estimate of drug-likeness (QED) is 0.696. The number of rotatable bonds is 1. The van der Waals surface area contributed by atoms with Gasteiger partial charge in [-0.15, -0.1) is 0 Å². The minimum absolute atomic E-state index is 0.206. The third-order valence-corrected chi connectivity index (χ3v) is 5.88. The van der Waals surface area contributed by atoms with Gasteiger partial charge in [0.15, 0.2) is 0 Å². The fourth-order valence-electron chi connectivity index (χ4n) is 1.82. The van der Waals surface area contributed by atoms with E-state index in [1.165, 1.54) is 0 Å². The summed E-state index contributed by atoms with van der Waals surface area (Å²) in [5, 5.41) is 0.151. The van der Waals surface area contributed by atoms with E-state index in [1.807, 2.05) is 45.0 Å². The molecular weight excluding hydrogens is 271 g/mol. The first kappa shape index (κ1) is 14.1. The molecule has 0 spiro atoms. The Hall–Kier alpha value is -0.340. The van der Waals surface area contributed by atoms with Gasteiger partial charge in [-0.05, 0) is 38.5 Å². The van der Waals surface area contributed by atoms with Gasteiger partial charge in [-0.2, -0.15) is 0 Å². The Bertz CT molecular complexity index is 481. The summed E-state index contributed by atoms with van der Waals surface area (Å²) in [5.41, 5.74) is 0.954. The van der Waals surface area contributed by atoms with Gasteiger partial charge >= 0.3 is 7.60 Å². The minimum atomic E-state index is -3.08. The highest BCUT2D eigenvalue weighted by Gasteiger charge is 2.44. The number of hydrogen-bond acceptors (Lipinski definition) is 3. The van der Waals surface area contributed by atoms with Crippen LogP contribution in [0.3, 0.4) is 0 Å². The maximum Gasteiger partial charge on any atom is 0.336 e. The largest absolute Gasteiger partial charge is 0.336 e. The molecule has 1 heterocycles. The topological polar surface area (TPSA) is 35.5 Å². The van der Waals surface area contributed by atoms with Crippen molar-refractivity contribution in [2.75, 3.05) is 6.61 Å². The summed E-state index contributed by atoms with van der Waals surface area (Å²) in [4.78, 5) is 0. The Morgan fingerprint density at radius 2 is 2.11 bits per heavy atom. The maximum absolute atomic E-state index is 12.6. The first-order chi connectivity index (χ1) is 8.32. The highest BCUT2D eigenvalue weighted by Crippen LogP contribution is 2.64. The molecule has 0 radical (unpaired) electrons. The smallest absolute Gasteiger partial charge is 0.308 e. The molecule has 2 atom stereocenters. The zero-order valence-corrected chi connectivity index (χ0v) is 12.5. The molecule has 5 heteroatoms. The Kier molecular flexibility index (Phi) is 3.89. The summed E-state index contributed by atoms with van der Waals surface area (Å²) >= 11 is 5.97. The molecule has 0 amide bonds. The van der Waals surface area contributed by atoms with Crippen molar-refractivity contribution in [3.05, 3.63) is 34.9 Å². The van der Waals surface area contributed by atoms with Crippen molar-refractivity contribution in [1.29, 1.82) is 0 Å². The second-order valence-corrected chi connectivity index (χ2v) is 8.68. The predicted octanol–water partition coefficient (Wildman–Crippen LogP) is 4.81. The van der Waals surface area contributed by atoms with Crippen LogP contribution in [0.15, 0.2) is 24.3 Å². The van der Waals surface area contributed by atoms with Gasteiger partial charge in [0.05, 0.1) is 17.9 Å². The van der Waals surface area contributed by atoms with Crippen molar-refractivity contribution in [3.63, 3.8) is 0 Å². The molecule has 1 fully saturated rings. The first-order valence-corrected chi connectivity index (χ1v) is 7.92. The lowest BCUT2D eigenvalue weighted by atomic mass is 10.1. The van der Waals surface area contributed by atoms with Gasteiger partial charge in [-0.1, -0.05) is 23.7 Å². The van der Waals surface area contributed by atoms with Crippen molar-refractivity contribution in [3.8, 4) is 0 Å². The molecule has 0 saturated carbocycles. The van der Waals surface area contributed by atoms with E-state index in [-0.39, 0.29) is 6.10 Å². The fraction of sp³-hybridized carbons (Fsp3) is 0.538. The van der Waals surface area contributed by atoms with Crippen molar-refractivity contribution >= 4 is 19.2 Å². The van der Waals surface area contributed by atoms with E-state index in [0.717, 1.165) is 5.56 Å². The second-order valence-electron chi connectivity index (χ2n) is 5.44. The minimum Gasteiger partial charge on any atom is -0.308 e. The molecule has 1 aromatic carbocycles. The monoisotopic (exact) mass is 288 g/mol. The van der Waals surface area contributed by atoms with Crippen LogP contribution in [0.5, 0.6) is 0 Å². The Labute approximate surface area is 113 Å². The zero-order chi connectivity index (χ0) is 13.4. The van der Waals surface area contributed by atoms with E-state index in [4.69, 9.17) is 20.6 Å². The molecule has 18 heavy (non-hydrogen) atoms. The van der Waals surface area contributed by atoms with Gasteiger partial charge in [0, 0.05) is 11.4 Å². The lowest BCUT2D eigenvalue weighted by Gasteiger charge is -2.37. The van der Waals surface area contributed by atoms with E-state index in [0.29, 0.717) is 18.1 Å². The van der Waals surface area contributed by atoms with E-state index < -0.39 is 12.8 Å². The van der Waals surface area contributed by atoms with Crippen LogP contribution in [0.2, 0.25) is 5.02 Å². The molecule has 0 N–H and O–H groups in total. The van der Waals surface area contributed by atoms with Gasteiger partial charge < -0.3 is 4.52 Å². The predicted molar refractivity (Wildman–Crippen MR) is 73.2 cm³/mol. The van der Waals surface area contributed by atoms with Crippen LogP contribution in [0.4, 0.5) is 0 Å². The molecule has 1 saturated heterocycles. The van der Waals surface area contributed by atoms with Crippen LogP contribution >= 0.6 is 19.2 Å². The highest BCUT2D eigenvalue weighted by molar-refractivity contribution is 7.55. The van der Waals surface area contributed by atoms with Crippen LogP contribution in [0, 0.1) is 0 Å². The summed E-state index contributed by atoms with van der Waals surface area (Å²) in [6.07, 6.45) is 0.489. The molecule has 2 rings (SSSR count). The molecular formula is C13H18ClO3P. The van der Waals surface area contributed by atoms with Crippen molar-refractivity contribution < 1.29 is 13.6 Å². The van der Waals surface area contributed by atoms with Crippen LogP contribution in [-0.2, 0) is 13.6 Å². The molecule has 0 bridgehead atoms. The maximum atomic E-state index is 12.6. The number of benzene rings is 1. The summed E-state index contributed by atoms with van der Waals surface area (Å²) < 4.78 is 23.8. The van der Waals surface area contributed by atoms with E-state index >= 15 is 0 Å². The average Bonchev–Trinajstić information content (AvgIpc) is 2.27. The van der Waals surface area contributed by atoms with Gasteiger partial charge in [0.25, 0.3) is 0 Å². The molecule has 1 aromatic rings. The van der Waals surface area contributed by atoms with E-state index in [9.17, 15) is 4.57 Å². The lowest BCUT2D eigenvalue weighted by Crippen LogP contribution is -2.25. The summed E-state index contributed by atoms with van der Waals surface area (Å²) in [6.45, 7) is 6.06. The second kappa shape index (κ2) is 4.97. The molecule has 100 valence electrons. The number of hydrogen-bond donors (Lipinski definition) is 0. The Morgan fingerprint density at radius 3 is 2.72 bits per heavy atom. The number of halogens is 1. The van der Waals surface area contributed by atoms with Crippen LogP contribution in [0.1, 0.15) is 38.9 Å². The van der Waals surface area contributed by atoms with Crippen LogP contribution in [0.25, 0.3) is 0 Å². The highest BCUT2D eigenvalue weighted by atomic mass is 35.5. The molecule has 3 nitrogen and oxygen atoms in total. The summed E-state index contributed by atoms with van der Waals surface area (Å²) in [6, 6.07) is 7.48. The lowest BCUT2D eigenvalue weighted by molar-refractivity contribution is 0.0721. The Balaban J connectivity index is 2.25. The molecule has 2 unspecified atom stereocenters. The molecule has 1 aliphatic heterocycles. The van der Waals surface area contributed by atoms with Crippen LogP contribution < -0.4 is 0 Å². The van der Waals surface area contributed by atoms with Gasteiger partial charge in [0.1, 0.15) is 0 Å². The standard InChI is InChI=1S/C13H18ClO3P/c1-13(2,3)18(15)16-8-7-12(17-18)10-5-4-6-11(14)9-10/h4-6,9,12H,7-8H2,1-3H3. The molecule has 0 aromatic heterocycles. The normalized spacial score (nSPS) is 29.2. The van der Waals surface area contributed by atoms with Crippen LogP contribution in [-0.4, -0.2) is 11.8 Å². The van der Waals surface area contributed by atoms with E-state index in [1.54, 1.807) is 0 Å². The van der Waals surface area contributed by atoms with Gasteiger partial charge in [-0.25, -0.2) is 0 Å². The third-order valence-electron chi connectivity index (χ3n) is 2.95. The summed E-state index contributed by atoms with van der Waals surface area (Å²) in [7, 11) is -3.08. The van der Waals surface area contributed by atoms with Gasteiger partial charge in [0.2, 0.25) is 0 Å². The Morgan fingerprint density at radius 1 is 1.39 bits per heavy atom. The SMILES string of the molecule is CC(C)(C)P1(=O)OCCC(c2cccc(Cl)c2)O1. The molecule has 0 aliphatic carbocycles. The zero-order valence-electron chi connectivity index (χ0n) is 10.9. The van der Waals surface area contributed by atoms with Crippen molar-refractivity contribution in [2.45, 2.75) is 38.5 Å². The molecule has 1 aliphatic rings.